The minimum atomic E-state index is -0.437. The van der Waals surface area contributed by atoms with Crippen LogP contribution in [-0.4, -0.2) is 43.1 Å². The largest absolute Gasteiger partial charge is 0.350 e. The highest BCUT2D eigenvalue weighted by Crippen LogP contribution is 2.29. The van der Waals surface area contributed by atoms with E-state index >= 15 is 0 Å². The summed E-state index contributed by atoms with van der Waals surface area (Å²) in [5.74, 6) is 0.973. The van der Waals surface area contributed by atoms with Gasteiger partial charge in [0.15, 0.2) is 5.65 Å². The zero-order chi connectivity index (χ0) is 21.5. The Kier molecular flexibility index (Phi) is 5.23. The first-order chi connectivity index (χ1) is 15.0. The van der Waals surface area contributed by atoms with E-state index < -0.39 is 5.82 Å². The molecule has 0 radical (unpaired) electrons. The van der Waals surface area contributed by atoms with Crippen LogP contribution in [0.25, 0.3) is 16.8 Å². The van der Waals surface area contributed by atoms with E-state index in [-0.39, 0.29) is 11.1 Å². The molecule has 0 saturated carbocycles. The lowest BCUT2D eigenvalue weighted by Crippen LogP contribution is -2.39. The smallest absolute Gasteiger partial charge is 0.243 e. The normalized spacial score (nSPS) is 15.0. The molecule has 1 aliphatic heterocycles. The zero-order valence-corrected chi connectivity index (χ0v) is 18.7. The molecule has 7 nitrogen and oxygen atoms in total. The number of hydrogen-bond acceptors (Lipinski definition) is 7. The number of halogens is 2. The molecule has 0 aliphatic carbocycles. The van der Waals surface area contributed by atoms with Crippen molar-refractivity contribution in [3.63, 3.8) is 0 Å². The molecule has 0 bridgehead atoms. The molecule has 1 fully saturated rings. The van der Waals surface area contributed by atoms with Crippen LogP contribution in [0.15, 0.2) is 30.5 Å². The van der Waals surface area contributed by atoms with E-state index in [0.29, 0.717) is 11.6 Å². The van der Waals surface area contributed by atoms with Gasteiger partial charge in [-0.3, -0.25) is 0 Å². The molecular weight excluding hydrogens is 437 g/mol. The standard InChI is InChI=1S/C21H21ClFN7S/c1-12-9-16(14-3-4-18(23)17(22)10-14)19-26-20(27-30(19)11-12)25-15-5-7-29(8-6-15)21-24-13(2)28-31-21/h3-4,9-11,15H,5-8H2,1-2H3,(H,25,27). The quantitative estimate of drug-likeness (QED) is 0.477. The van der Waals surface area contributed by atoms with Gasteiger partial charge in [-0.25, -0.2) is 13.9 Å². The van der Waals surface area contributed by atoms with Gasteiger partial charge in [0.1, 0.15) is 11.6 Å². The van der Waals surface area contributed by atoms with Gasteiger partial charge in [0, 0.05) is 42.4 Å². The number of fused-ring (bicyclic) bond motifs is 1. The predicted octanol–water partition coefficient (Wildman–Crippen LogP) is 4.74. The monoisotopic (exact) mass is 457 g/mol. The number of pyridine rings is 1. The minimum absolute atomic E-state index is 0.0902. The predicted molar refractivity (Wildman–Crippen MR) is 122 cm³/mol. The molecule has 5 rings (SSSR count). The molecular formula is C21H21ClFN7S. The van der Waals surface area contributed by atoms with Crippen molar-refractivity contribution in [1.82, 2.24) is 24.0 Å². The summed E-state index contributed by atoms with van der Waals surface area (Å²) in [6.45, 7) is 5.74. The molecule has 0 atom stereocenters. The van der Waals surface area contributed by atoms with Gasteiger partial charge in [-0.05, 0) is 56.0 Å². The average Bonchev–Trinajstić information content (AvgIpc) is 3.36. The average molecular weight is 458 g/mol. The van der Waals surface area contributed by atoms with Crippen LogP contribution in [0.5, 0.6) is 0 Å². The van der Waals surface area contributed by atoms with Crippen LogP contribution in [-0.2, 0) is 0 Å². The molecule has 1 aromatic carbocycles. The van der Waals surface area contributed by atoms with Gasteiger partial charge in [-0.1, -0.05) is 17.7 Å². The summed E-state index contributed by atoms with van der Waals surface area (Å²) in [5, 5.41) is 9.18. The van der Waals surface area contributed by atoms with Crippen LogP contribution in [0, 0.1) is 19.7 Å². The number of aryl methyl sites for hydroxylation is 2. The fraction of sp³-hybridized carbons (Fsp3) is 0.333. The van der Waals surface area contributed by atoms with Gasteiger partial charge in [0.2, 0.25) is 11.1 Å². The van der Waals surface area contributed by atoms with Crippen molar-refractivity contribution in [3.8, 4) is 11.1 Å². The Bertz CT molecular complexity index is 1250. The number of rotatable bonds is 4. The topological polar surface area (TPSA) is 71.2 Å². The molecule has 0 unspecified atom stereocenters. The number of nitrogens with one attached hydrogen (secondary N) is 1. The van der Waals surface area contributed by atoms with Gasteiger partial charge < -0.3 is 10.2 Å². The van der Waals surface area contributed by atoms with Gasteiger partial charge in [-0.15, -0.1) is 5.10 Å². The first kappa shape index (κ1) is 20.1. The van der Waals surface area contributed by atoms with E-state index in [0.717, 1.165) is 53.6 Å². The van der Waals surface area contributed by atoms with Crippen LogP contribution in [0.3, 0.4) is 0 Å². The molecule has 1 aliphatic rings. The number of benzene rings is 1. The Labute approximate surface area is 188 Å². The first-order valence-electron chi connectivity index (χ1n) is 10.1. The highest BCUT2D eigenvalue weighted by Gasteiger charge is 2.23. The van der Waals surface area contributed by atoms with Gasteiger partial charge in [0.05, 0.1) is 5.02 Å². The lowest BCUT2D eigenvalue weighted by Gasteiger charge is -2.31. The third kappa shape index (κ3) is 4.07. The van der Waals surface area contributed by atoms with Crippen molar-refractivity contribution >= 4 is 39.9 Å². The van der Waals surface area contributed by atoms with E-state index in [1.807, 2.05) is 26.1 Å². The Balaban J connectivity index is 1.36. The van der Waals surface area contributed by atoms with E-state index in [2.05, 4.69) is 24.7 Å². The van der Waals surface area contributed by atoms with Crippen molar-refractivity contribution in [2.24, 2.45) is 0 Å². The maximum absolute atomic E-state index is 13.6. The number of hydrogen-bond donors (Lipinski definition) is 1. The first-order valence-corrected chi connectivity index (χ1v) is 11.3. The highest BCUT2D eigenvalue weighted by atomic mass is 35.5. The molecule has 10 heteroatoms. The summed E-state index contributed by atoms with van der Waals surface area (Å²) in [5.41, 5.74) is 3.40. The second-order valence-corrected chi connectivity index (χ2v) is 8.93. The fourth-order valence-corrected chi connectivity index (χ4v) is 4.77. The second-order valence-electron chi connectivity index (χ2n) is 7.79. The molecule has 1 N–H and O–H groups in total. The van der Waals surface area contributed by atoms with Crippen molar-refractivity contribution < 1.29 is 4.39 Å². The number of aromatic nitrogens is 5. The molecule has 1 saturated heterocycles. The van der Waals surface area contributed by atoms with Crippen LogP contribution in [0.1, 0.15) is 24.2 Å². The van der Waals surface area contributed by atoms with Gasteiger partial charge in [-0.2, -0.15) is 9.36 Å². The third-order valence-corrected chi connectivity index (χ3v) is 6.57. The Morgan fingerprint density at radius 3 is 2.68 bits per heavy atom. The summed E-state index contributed by atoms with van der Waals surface area (Å²) in [7, 11) is 0. The summed E-state index contributed by atoms with van der Waals surface area (Å²) < 4.78 is 19.7. The molecule has 0 spiro atoms. The summed E-state index contributed by atoms with van der Waals surface area (Å²) >= 11 is 7.45. The van der Waals surface area contributed by atoms with Gasteiger partial charge >= 0.3 is 0 Å². The van der Waals surface area contributed by atoms with Crippen LogP contribution in [0.2, 0.25) is 5.02 Å². The Morgan fingerprint density at radius 2 is 1.97 bits per heavy atom. The highest BCUT2D eigenvalue weighted by molar-refractivity contribution is 7.09. The molecule has 4 heterocycles. The van der Waals surface area contributed by atoms with Gasteiger partial charge in [0.25, 0.3) is 0 Å². The number of piperidine rings is 1. The molecule has 0 amide bonds. The van der Waals surface area contributed by atoms with Crippen molar-refractivity contribution in [3.05, 3.63) is 52.7 Å². The summed E-state index contributed by atoms with van der Waals surface area (Å²) in [6, 6.07) is 7.01. The fourth-order valence-electron chi connectivity index (χ4n) is 3.87. The summed E-state index contributed by atoms with van der Waals surface area (Å²) in [6.07, 6.45) is 3.86. The van der Waals surface area contributed by atoms with E-state index in [1.54, 1.807) is 16.6 Å². The second kappa shape index (κ2) is 8.05. The van der Waals surface area contributed by atoms with E-state index in [1.165, 1.54) is 17.6 Å². The number of nitrogens with zero attached hydrogens (tertiary/aromatic N) is 6. The van der Waals surface area contributed by atoms with Crippen molar-refractivity contribution in [2.45, 2.75) is 32.7 Å². The molecule has 31 heavy (non-hydrogen) atoms. The third-order valence-electron chi connectivity index (χ3n) is 5.42. The summed E-state index contributed by atoms with van der Waals surface area (Å²) in [4.78, 5) is 11.5. The maximum Gasteiger partial charge on any atom is 0.243 e. The molecule has 160 valence electrons. The van der Waals surface area contributed by atoms with Crippen LogP contribution in [0.4, 0.5) is 15.5 Å². The van der Waals surface area contributed by atoms with Crippen molar-refractivity contribution in [1.29, 1.82) is 0 Å². The number of anilines is 2. The zero-order valence-electron chi connectivity index (χ0n) is 17.1. The lowest BCUT2D eigenvalue weighted by molar-refractivity contribution is 0.523. The Hall–Kier alpha value is -2.78. The molecule has 3 aromatic heterocycles. The van der Waals surface area contributed by atoms with Crippen LogP contribution < -0.4 is 10.2 Å². The van der Waals surface area contributed by atoms with E-state index in [4.69, 9.17) is 16.6 Å². The minimum Gasteiger partial charge on any atom is -0.350 e. The SMILES string of the molecule is Cc1cc(-c2ccc(F)c(Cl)c2)c2nc(NC3CCN(c4nc(C)ns4)CC3)nn2c1. The lowest BCUT2D eigenvalue weighted by atomic mass is 10.1. The Morgan fingerprint density at radius 1 is 1.16 bits per heavy atom. The van der Waals surface area contributed by atoms with Crippen LogP contribution >= 0.6 is 23.1 Å². The van der Waals surface area contributed by atoms with E-state index in [9.17, 15) is 4.39 Å². The molecule has 4 aromatic rings. The van der Waals surface area contributed by atoms with Crippen molar-refractivity contribution in [2.75, 3.05) is 23.3 Å². The maximum atomic E-state index is 13.6.